The number of amides is 1. The Hall–Kier alpha value is -1.63. The molecule has 0 saturated carbocycles. The predicted molar refractivity (Wildman–Crippen MR) is 97.5 cm³/mol. The van der Waals surface area contributed by atoms with Gasteiger partial charge in [-0.2, -0.15) is 0 Å². The molecule has 0 aliphatic heterocycles. The van der Waals surface area contributed by atoms with Crippen LogP contribution in [0, 0.1) is 0 Å². The molecule has 2 aromatic rings. The zero-order chi connectivity index (χ0) is 16.2. The van der Waals surface area contributed by atoms with Crippen molar-refractivity contribution in [3.63, 3.8) is 0 Å². The van der Waals surface area contributed by atoms with Crippen molar-refractivity contribution in [1.82, 2.24) is 4.98 Å². The third-order valence-corrected chi connectivity index (χ3v) is 3.69. The summed E-state index contributed by atoms with van der Waals surface area (Å²) in [6.07, 6.45) is 0.981. The zero-order valence-electron chi connectivity index (χ0n) is 13.5. The smallest absolute Gasteiger partial charge is 0.245 e. The molecule has 0 unspecified atom stereocenters. The van der Waals surface area contributed by atoms with Gasteiger partial charge in [-0.05, 0) is 44.5 Å². The van der Waals surface area contributed by atoms with Gasteiger partial charge in [0.05, 0.1) is 17.8 Å². The minimum Gasteiger partial charge on any atom is -0.494 e. The van der Waals surface area contributed by atoms with Crippen molar-refractivity contribution in [3.05, 3.63) is 29.6 Å². The summed E-state index contributed by atoms with van der Waals surface area (Å²) in [4.78, 5) is 16.3. The van der Waals surface area contributed by atoms with Gasteiger partial charge in [-0.25, -0.2) is 4.98 Å². The van der Waals surface area contributed by atoms with E-state index in [-0.39, 0.29) is 18.3 Å². The van der Waals surface area contributed by atoms with Crippen LogP contribution in [0.25, 0.3) is 11.3 Å². The summed E-state index contributed by atoms with van der Waals surface area (Å²) in [6.45, 7) is 6.10. The molecule has 1 aromatic carbocycles. The van der Waals surface area contributed by atoms with Crippen molar-refractivity contribution in [2.45, 2.75) is 32.7 Å². The maximum atomic E-state index is 11.8. The molecule has 1 amide bonds. The number of rotatable bonds is 6. The molecule has 1 aromatic heterocycles. The number of hydrogen-bond donors (Lipinski definition) is 2. The Balaban J connectivity index is 0.00000264. The first kappa shape index (κ1) is 19.4. The standard InChI is InChI=1S/C16H21N3O2S.ClH/c1-4-9-21-12-7-5-11(6-8-12)13-10-22-15(18-13)19-14(20)16(2,3)17;/h5-8,10H,4,9,17H2,1-3H3,(H,18,19,20);1H. The largest absolute Gasteiger partial charge is 0.494 e. The number of hydrogen-bond acceptors (Lipinski definition) is 5. The van der Waals surface area contributed by atoms with Crippen LogP contribution >= 0.6 is 23.7 Å². The van der Waals surface area contributed by atoms with E-state index in [4.69, 9.17) is 10.5 Å². The first-order valence-electron chi connectivity index (χ1n) is 7.19. The van der Waals surface area contributed by atoms with Crippen LogP contribution in [0.15, 0.2) is 29.6 Å². The number of nitrogens with one attached hydrogen (secondary N) is 1. The number of nitrogens with two attached hydrogens (primary N) is 1. The Labute approximate surface area is 146 Å². The van der Waals surface area contributed by atoms with Crippen LogP contribution in [0.2, 0.25) is 0 Å². The van der Waals surface area contributed by atoms with Crippen molar-refractivity contribution in [2.75, 3.05) is 11.9 Å². The van der Waals surface area contributed by atoms with Gasteiger partial charge in [0.2, 0.25) is 5.91 Å². The first-order valence-corrected chi connectivity index (χ1v) is 8.07. The molecule has 5 nitrogen and oxygen atoms in total. The highest BCUT2D eigenvalue weighted by atomic mass is 35.5. The minimum absolute atomic E-state index is 0. The Morgan fingerprint density at radius 1 is 1.35 bits per heavy atom. The van der Waals surface area contributed by atoms with Crippen LogP contribution < -0.4 is 15.8 Å². The quantitative estimate of drug-likeness (QED) is 0.828. The summed E-state index contributed by atoms with van der Waals surface area (Å²) >= 11 is 1.38. The second-order valence-electron chi connectivity index (χ2n) is 5.59. The average molecular weight is 356 g/mol. The first-order chi connectivity index (χ1) is 10.4. The molecule has 2 rings (SSSR count). The lowest BCUT2D eigenvalue weighted by Crippen LogP contribution is -2.45. The topological polar surface area (TPSA) is 77.2 Å². The fourth-order valence-corrected chi connectivity index (χ4v) is 2.38. The summed E-state index contributed by atoms with van der Waals surface area (Å²) in [6, 6.07) is 7.76. The lowest BCUT2D eigenvalue weighted by atomic mass is 10.1. The van der Waals surface area contributed by atoms with Gasteiger partial charge in [-0.15, -0.1) is 23.7 Å². The van der Waals surface area contributed by atoms with Crippen LogP contribution in [0.1, 0.15) is 27.2 Å². The van der Waals surface area contributed by atoms with Crippen LogP contribution in [0.3, 0.4) is 0 Å². The molecule has 0 fully saturated rings. The molecule has 0 atom stereocenters. The highest BCUT2D eigenvalue weighted by Gasteiger charge is 2.22. The molecule has 0 saturated heterocycles. The Morgan fingerprint density at radius 2 is 2.00 bits per heavy atom. The van der Waals surface area contributed by atoms with Gasteiger partial charge in [0.1, 0.15) is 5.75 Å². The molecule has 23 heavy (non-hydrogen) atoms. The van der Waals surface area contributed by atoms with Crippen LogP contribution in [0.4, 0.5) is 5.13 Å². The van der Waals surface area contributed by atoms with E-state index in [0.717, 1.165) is 23.4 Å². The Bertz CT molecular complexity index is 636. The summed E-state index contributed by atoms with van der Waals surface area (Å²) < 4.78 is 5.55. The summed E-state index contributed by atoms with van der Waals surface area (Å²) in [5.74, 6) is 0.593. The van der Waals surface area contributed by atoms with Crippen LogP contribution in [0.5, 0.6) is 5.75 Å². The monoisotopic (exact) mass is 355 g/mol. The molecule has 3 N–H and O–H groups in total. The SMILES string of the molecule is CCCOc1ccc(-c2csc(NC(=O)C(C)(C)N)n2)cc1.Cl. The summed E-state index contributed by atoms with van der Waals surface area (Å²) in [5, 5.41) is 5.18. The second-order valence-corrected chi connectivity index (χ2v) is 6.44. The van der Waals surface area contributed by atoms with E-state index in [9.17, 15) is 4.79 Å². The van der Waals surface area contributed by atoms with Crippen molar-refractivity contribution >= 4 is 34.8 Å². The van der Waals surface area contributed by atoms with Gasteiger partial charge in [0.15, 0.2) is 5.13 Å². The maximum Gasteiger partial charge on any atom is 0.245 e. The normalized spacial score (nSPS) is 10.8. The van der Waals surface area contributed by atoms with Crippen LogP contribution in [-0.2, 0) is 4.79 Å². The van der Waals surface area contributed by atoms with E-state index in [1.807, 2.05) is 29.6 Å². The fraction of sp³-hybridized carbons (Fsp3) is 0.375. The number of anilines is 1. The van der Waals surface area contributed by atoms with E-state index >= 15 is 0 Å². The van der Waals surface area contributed by atoms with Gasteiger partial charge in [-0.3, -0.25) is 4.79 Å². The molecule has 0 aliphatic carbocycles. The molecular weight excluding hydrogens is 334 g/mol. The highest BCUT2D eigenvalue weighted by Crippen LogP contribution is 2.26. The van der Waals surface area contributed by atoms with Gasteiger partial charge in [-0.1, -0.05) is 6.92 Å². The molecule has 0 spiro atoms. The molecule has 7 heteroatoms. The number of ether oxygens (including phenoxy) is 1. The lowest BCUT2D eigenvalue weighted by molar-refractivity contribution is -0.120. The number of thiazole rings is 1. The maximum absolute atomic E-state index is 11.8. The second kappa shape index (κ2) is 8.29. The predicted octanol–water partition coefficient (Wildman–Crippen LogP) is 3.70. The molecule has 1 heterocycles. The van der Waals surface area contributed by atoms with E-state index < -0.39 is 5.54 Å². The number of benzene rings is 1. The van der Waals surface area contributed by atoms with Crippen molar-refractivity contribution in [1.29, 1.82) is 0 Å². The van der Waals surface area contributed by atoms with E-state index in [0.29, 0.717) is 11.7 Å². The van der Waals surface area contributed by atoms with Crippen LogP contribution in [-0.4, -0.2) is 23.0 Å². The number of halogens is 1. The van der Waals surface area contributed by atoms with Gasteiger partial charge in [0, 0.05) is 10.9 Å². The number of carbonyl (C=O) groups excluding carboxylic acids is 1. The zero-order valence-corrected chi connectivity index (χ0v) is 15.1. The fourth-order valence-electron chi connectivity index (χ4n) is 1.66. The van der Waals surface area contributed by atoms with Gasteiger partial charge >= 0.3 is 0 Å². The summed E-state index contributed by atoms with van der Waals surface area (Å²) in [7, 11) is 0. The average Bonchev–Trinajstić information content (AvgIpc) is 2.93. The summed E-state index contributed by atoms with van der Waals surface area (Å²) in [5.41, 5.74) is 6.62. The minimum atomic E-state index is -0.926. The lowest BCUT2D eigenvalue weighted by Gasteiger charge is -2.16. The van der Waals surface area contributed by atoms with Crippen molar-refractivity contribution in [3.8, 4) is 17.0 Å². The highest BCUT2D eigenvalue weighted by molar-refractivity contribution is 7.14. The van der Waals surface area contributed by atoms with Crippen molar-refractivity contribution in [2.24, 2.45) is 5.73 Å². The molecule has 126 valence electrons. The Morgan fingerprint density at radius 3 is 2.57 bits per heavy atom. The van der Waals surface area contributed by atoms with Gasteiger partial charge in [0.25, 0.3) is 0 Å². The van der Waals surface area contributed by atoms with Gasteiger partial charge < -0.3 is 15.8 Å². The molecule has 0 radical (unpaired) electrons. The van der Waals surface area contributed by atoms with E-state index in [2.05, 4.69) is 17.2 Å². The number of carbonyl (C=O) groups is 1. The van der Waals surface area contributed by atoms with E-state index in [1.54, 1.807) is 13.8 Å². The molecule has 0 aliphatic rings. The van der Waals surface area contributed by atoms with Crippen molar-refractivity contribution < 1.29 is 9.53 Å². The molecule has 0 bridgehead atoms. The third kappa shape index (κ3) is 5.49. The number of aromatic nitrogens is 1. The third-order valence-electron chi connectivity index (χ3n) is 2.93. The number of nitrogens with zero attached hydrogens (tertiary/aromatic N) is 1. The molecular formula is C16H22ClN3O2S. The van der Waals surface area contributed by atoms with E-state index in [1.165, 1.54) is 11.3 Å². The Kier molecular flexibility index (Phi) is 7.00.